The number of nitrogens with zero attached hydrogens (tertiary/aromatic N) is 3. The fraction of sp³-hybridized carbons (Fsp3) is 0.182. The molecule has 1 aromatic heterocycles. The van der Waals surface area contributed by atoms with Crippen molar-refractivity contribution < 1.29 is 9.18 Å². The number of rotatable bonds is 3. The predicted molar refractivity (Wildman–Crippen MR) is 68.1 cm³/mol. The van der Waals surface area contributed by atoms with Crippen molar-refractivity contribution >= 4 is 33.3 Å². The van der Waals surface area contributed by atoms with Gasteiger partial charge in [0.2, 0.25) is 0 Å². The van der Waals surface area contributed by atoms with Crippen molar-refractivity contribution in [2.45, 2.75) is 6.42 Å². The van der Waals surface area contributed by atoms with Crippen molar-refractivity contribution in [3.8, 4) is 0 Å². The highest BCUT2D eigenvalue weighted by Crippen LogP contribution is 2.20. The summed E-state index contributed by atoms with van der Waals surface area (Å²) in [6.45, 7) is 0. The van der Waals surface area contributed by atoms with E-state index in [1.54, 1.807) is 13.1 Å². The molecule has 0 aliphatic carbocycles. The third-order valence-corrected chi connectivity index (χ3v) is 3.26. The number of carbonyl (C=O) groups excluding carboxylic acids is 1. The molecule has 0 aliphatic rings. The van der Waals surface area contributed by atoms with Gasteiger partial charge in [0.15, 0.2) is 10.4 Å². The molecule has 0 aliphatic heterocycles. The predicted octanol–water partition coefficient (Wildman–Crippen LogP) is 2.80. The molecule has 0 unspecified atom stereocenters. The molecule has 0 spiro atoms. The molecule has 0 amide bonds. The summed E-state index contributed by atoms with van der Waals surface area (Å²) in [4.78, 5) is 12.0. The van der Waals surface area contributed by atoms with Gasteiger partial charge in [-0.1, -0.05) is 28.9 Å². The lowest BCUT2D eigenvalue weighted by molar-refractivity contribution is 0.0982. The van der Waals surface area contributed by atoms with E-state index in [-0.39, 0.29) is 22.8 Å². The van der Waals surface area contributed by atoms with Crippen molar-refractivity contribution in [3.63, 3.8) is 0 Å². The minimum atomic E-state index is -0.571. The molecule has 0 bridgehead atoms. The van der Waals surface area contributed by atoms with Crippen LogP contribution in [0, 0.1) is 5.82 Å². The van der Waals surface area contributed by atoms with Crippen LogP contribution in [0.15, 0.2) is 22.8 Å². The number of benzene rings is 1. The SMILES string of the molecule is Cn1nnc(Br)c1C(=O)Cc1cccc(Cl)c1F. The van der Waals surface area contributed by atoms with Crippen molar-refractivity contribution in [1.82, 2.24) is 15.0 Å². The molecule has 0 saturated carbocycles. The summed E-state index contributed by atoms with van der Waals surface area (Å²) in [6.07, 6.45) is -0.0911. The molecule has 0 fully saturated rings. The topological polar surface area (TPSA) is 47.8 Å². The van der Waals surface area contributed by atoms with Gasteiger partial charge in [0, 0.05) is 13.5 Å². The first-order valence-corrected chi connectivity index (χ1v) is 6.19. The van der Waals surface area contributed by atoms with E-state index in [4.69, 9.17) is 11.6 Å². The van der Waals surface area contributed by atoms with Gasteiger partial charge in [-0.05, 0) is 27.6 Å². The van der Waals surface area contributed by atoms with Gasteiger partial charge >= 0.3 is 0 Å². The Morgan fingerprint density at radius 3 is 2.89 bits per heavy atom. The monoisotopic (exact) mass is 331 g/mol. The second-order valence-electron chi connectivity index (χ2n) is 3.67. The van der Waals surface area contributed by atoms with Gasteiger partial charge in [-0.25, -0.2) is 9.07 Å². The van der Waals surface area contributed by atoms with Gasteiger partial charge in [-0.2, -0.15) is 0 Å². The maximum absolute atomic E-state index is 13.7. The second-order valence-corrected chi connectivity index (χ2v) is 4.82. The Kier molecular flexibility index (Phi) is 3.77. The van der Waals surface area contributed by atoms with E-state index in [2.05, 4.69) is 26.2 Å². The third kappa shape index (κ3) is 2.44. The normalized spacial score (nSPS) is 10.7. The van der Waals surface area contributed by atoms with Gasteiger partial charge in [0.05, 0.1) is 5.02 Å². The van der Waals surface area contributed by atoms with Crippen LogP contribution in [-0.4, -0.2) is 20.8 Å². The number of halogens is 3. The average molecular weight is 333 g/mol. The summed E-state index contributed by atoms with van der Waals surface area (Å²) in [5.74, 6) is -0.852. The Morgan fingerprint density at radius 2 is 2.28 bits per heavy atom. The number of carbonyl (C=O) groups is 1. The van der Waals surface area contributed by atoms with Crippen molar-refractivity contribution in [3.05, 3.63) is 44.9 Å². The first-order chi connectivity index (χ1) is 8.50. The van der Waals surface area contributed by atoms with Gasteiger partial charge in [0.1, 0.15) is 11.5 Å². The van der Waals surface area contributed by atoms with Crippen molar-refractivity contribution in [2.24, 2.45) is 7.05 Å². The Bertz CT molecular complexity index is 595. The van der Waals surface area contributed by atoms with E-state index in [1.807, 2.05) is 0 Å². The molecular formula is C11H8BrClFN3O. The number of ketones is 1. The van der Waals surface area contributed by atoms with Crippen molar-refractivity contribution in [2.75, 3.05) is 0 Å². The van der Waals surface area contributed by atoms with Gasteiger partial charge in [-0.15, -0.1) is 5.10 Å². The largest absolute Gasteiger partial charge is 0.292 e. The van der Waals surface area contributed by atoms with Crippen LogP contribution in [0.2, 0.25) is 5.02 Å². The Labute approximate surface area is 116 Å². The number of hydrogen-bond acceptors (Lipinski definition) is 3. The van der Waals surface area contributed by atoms with Gasteiger partial charge < -0.3 is 0 Å². The minimum absolute atomic E-state index is 0.00231. The van der Waals surface area contributed by atoms with Crippen LogP contribution in [-0.2, 0) is 13.5 Å². The molecule has 2 rings (SSSR count). The zero-order valence-corrected chi connectivity index (χ0v) is 11.7. The molecule has 0 N–H and O–H groups in total. The molecule has 94 valence electrons. The number of hydrogen-bond donors (Lipinski definition) is 0. The van der Waals surface area contributed by atoms with E-state index in [1.165, 1.54) is 16.8 Å². The maximum atomic E-state index is 13.7. The molecule has 1 aromatic carbocycles. The fourth-order valence-corrected chi connectivity index (χ4v) is 2.31. The Balaban J connectivity index is 2.30. The lowest BCUT2D eigenvalue weighted by Crippen LogP contribution is -2.11. The molecule has 2 aromatic rings. The van der Waals surface area contributed by atoms with E-state index >= 15 is 0 Å². The highest BCUT2D eigenvalue weighted by molar-refractivity contribution is 9.10. The highest BCUT2D eigenvalue weighted by atomic mass is 79.9. The molecular weight excluding hydrogens is 324 g/mol. The Hall–Kier alpha value is -1.27. The van der Waals surface area contributed by atoms with Crippen molar-refractivity contribution in [1.29, 1.82) is 0 Å². The number of Topliss-reactive ketones (excluding diaryl/α,β-unsaturated/α-hetero) is 1. The molecule has 0 radical (unpaired) electrons. The zero-order chi connectivity index (χ0) is 13.3. The first kappa shape index (κ1) is 13.2. The third-order valence-electron chi connectivity index (χ3n) is 2.43. The summed E-state index contributed by atoms with van der Waals surface area (Å²) >= 11 is 8.79. The van der Waals surface area contributed by atoms with Crippen LogP contribution in [0.4, 0.5) is 4.39 Å². The smallest absolute Gasteiger partial charge is 0.188 e. The summed E-state index contributed by atoms with van der Waals surface area (Å²) in [6, 6.07) is 4.56. The van der Waals surface area contributed by atoms with Gasteiger partial charge in [0.25, 0.3) is 0 Å². The lowest BCUT2D eigenvalue weighted by atomic mass is 10.1. The van der Waals surface area contributed by atoms with E-state index in [0.717, 1.165) is 0 Å². The summed E-state index contributed by atoms with van der Waals surface area (Å²) in [5, 5.41) is 7.41. The molecule has 1 heterocycles. The Morgan fingerprint density at radius 1 is 1.56 bits per heavy atom. The number of aryl methyl sites for hydroxylation is 1. The molecule has 4 nitrogen and oxygen atoms in total. The van der Waals surface area contributed by atoms with Crippen LogP contribution in [0.5, 0.6) is 0 Å². The molecule has 0 atom stereocenters. The maximum Gasteiger partial charge on any atom is 0.188 e. The first-order valence-electron chi connectivity index (χ1n) is 5.02. The van der Waals surface area contributed by atoms with Crippen LogP contribution in [0.1, 0.15) is 16.1 Å². The standard InChI is InChI=1S/C11H8BrClFN3O/c1-17-10(11(12)15-16-17)8(18)5-6-3-2-4-7(13)9(6)14/h2-4H,5H2,1H3. The average Bonchev–Trinajstić information content (AvgIpc) is 2.65. The van der Waals surface area contributed by atoms with Crippen LogP contribution < -0.4 is 0 Å². The molecule has 18 heavy (non-hydrogen) atoms. The van der Waals surface area contributed by atoms with E-state index in [9.17, 15) is 9.18 Å². The highest BCUT2D eigenvalue weighted by Gasteiger charge is 2.19. The van der Waals surface area contributed by atoms with Crippen LogP contribution in [0.25, 0.3) is 0 Å². The molecule has 0 saturated heterocycles. The summed E-state index contributed by atoms with van der Waals surface area (Å²) < 4.78 is 15.4. The zero-order valence-electron chi connectivity index (χ0n) is 9.32. The minimum Gasteiger partial charge on any atom is -0.292 e. The fourth-order valence-electron chi connectivity index (χ4n) is 1.57. The van der Waals surface area contributed by atoms with E-state index in [0.29, 0.717) is 10.3 Å². The number of aromatic nitrogens is 3. The lowest BCUT2D eigenvalue weighted by Gasteiger charge is -2.04. The second kappa shape index (κ2) is 5.16. The quantitative estimate of drug-likeness (QED) is 0.812. The summed E-state index contributed by atoms with van der Waals surface area (Å²) in [5.41, 5.74) is 0.551. The van der Waals surface area contributed by atoms with Crippen LogP contribution >= 0.6 is 27.5 Å². The van der Waals surface area contributed by atoms with Gasteiger partial charge in [-0.3, -0.25) is 4.79 Å². The van der Waals surface area contributed by atoms with Crippen LogP contribution in [0.3, 0.4) is 0 Å². The van der Waals surface area contributed by atoms with E-state index < -0.39 is 5.82 Å². The molecule has 7 heteroatoms. The summed E-state index contributed by atoms with van der Waals surface area (Å²) in [7, 11) is 1.60.